The molecule has 1 saturated heterocycles. The molecule has 1 aliphatic heterocycles. The average molecular weight is 344 g/mol. The van der Waals surface area contributed by atoms with Crippen LogP contribution >= 0.6 is 8.38 Å². The number of likely N-dealkylation sites (N-methyl/N-ethyl adjacent to an activating group) is 1. The van der Waals surface area contributed by atoms with Crippen LogP contribution in [0.4, 0.5) is 0 Å². The van der Waals surface area contributed by atoms with E-state index in [0.29, 0.717) is 13.2 Å². The van der Waals surface area contributed by atoms with Crippen molar-refractivity contribution in [3.8, 4) is 0 Å². The van der Waals surface area contributed by atoms with Gasteiger partial charge in [-0.1, -0.05) is 6.92 Å². The molecule has 0 bridgehead atoms. The summed E-state index contributed by atoms with van der Waals surface area (Å²) in [6, 6.07) is -0.163. The van der Waals surface area contributed by atoms with Crippen molar-refractivity contribution in [2.75, 3.05) is 26.9 Å². The highest BCUT2D eigenvalue weighted by molar-refractivity contribution is 7.46. The first-order chi connectivity index (χ1) is 10.9. The fraction of sp³-hybridized carbons (Fsp3) is 0.857. The Hall–Kier alpha value is -0.705. The number of nitrogens with zero attached hydrogens (tertiary/aromatic N) is 1. The monoisotopic (exact) mass is 344 g/mol. The molecule has 0 spiro atoms. The van der Waals surface area contributed by atoms with Crippen molar-refractivity contribution in [2.24, 2.45) is 0 Å². The van der Waals surface area contributed by atoms with Crippen LogP contribution in [0.25, 0.3) is 4.85 Å². The zero-order valence-electron chi connectivity index (χ0n) is 14.4. The molecule has 130 valence electrons. The first-order valence-electron chi connectivity index (χ1n) is 7.83. The molecule has 23 heavy (non-hydrogen) atoms. The van der Waals surface area contributed by atoms with E-state index in [9.17, 15) is 4.79 Å². The number of amides is 1. The number of hydrogen-bond donors (Lipinski definition) is 1. The van der Waals surface area contributed by atoms with Crippen molar-refractivity contribution in [1.29, 1.82) is 0 Å². The SMILES string of the molecule is B[C@@H]1O[C@H](CC)[C@H](OP(C)OCC[N+]#[C-])C1OC(C)C(=O)NC. The molecule has 3 unspecified atom stereocenters. The van der Waals surface area contributed by atoms with E-state index in [1.54, 1.807) is 14.0 Å². The van der Waals surface area contributed by atoms with Crippen molar-refractivity contribution in [1.82, 2.24) is 5.32 Å². The highest BCUT2D eigenvalue weighted by Gasteiger charge is 2.45. The van der Waals surface area contributed by atoms with Crippen LogP contribution in [0.5, 0.6) is 0 Å². The molecule has 1 heterocycles. The van der Waals surface area contributed by atoms with E-state index in [4.69, 9.17) is 25.1 Å². The fourth-order valence-corrected chi connectivity index (χ4v) is 3.47. The maximum absolute atomic E-state index is 11.7. The van der Waals surface area contributed by atoms with Gasteiger partial charge in [-0.15, -0.1) is 0 Å². The summed E-state index contributed by atoms with van der Waals surface area (Å²) in [7, 11) is 2.37. The summed E-state index contributed by atoms with van der Waals surface area (Å²) >= 11 is 0. The third kappa shape index (κ3) is 6.02. The zero-order valence-corrected chi connectivity index (χ0v) is 15.3. The Bertz CT molecular complexity index is 422. The lowest BCUT2D eigenvalue weighted by Gasteiger charge is -2.28. The molecule has 6 atom stereocenters. The summed E-state index contributed by atoms with van der Waals surface area (Å²) in [4.78, 5) is 14.9. The molecule has 0 aromatic rings. The van der Waals surface area contributed by atoms with Crippen LogP contribution in [-0.2, 0) is 23.3 Å². The number of rotatable bonds is 9. The van der Waals surface area contributed by atoms with Gasteiger partial charge >= 0.3 is 0 Å². The predicted molar refractivity (Wildman–Crippen MR) is 91.0 cm³/mol. The topological polar surface area (TPSA) is 70.4 Å². The molecular weight excluding hydrogens is 318 g/mol. The lowest BCUT2D eigenvalue weighted by atomic mass is 9.92. The molecule has 1 N–H and O–H groups in total. The quantitative estimate of drug-likeness (QED) is 0.286. The minimum absolute atomic E-state index is 0.0960. The smallest absolute Gasteiger partial charge is 0.248 e. The van der Waals surface area contributed by atoms with Crippen LogP contribution in [0, 0.1) is 6.57 Å². The van der Waals surface area contributed by atoms with E-state index in [2.05, 4.69) is 10.2 Å². The first kappa shape index (κ1) is 20.3. The molecule has 7 nitrogen and oxygen atoms in total. The molecule has 1 fully saturated rings. The molecule has 1 aliphatic rings. The van der Waals surface area contributed by atoms with Gasteiger partial charge in [0, 0.05) is 13.7 Å². The molecule has 9 heteroatoms. The summed E-state index contributed by atoms with van der Waals surface area (Å²) in [5.41, 5.74) is 0. The second kappa shape index (κ2) is 10.2. The maximum Gasteiger partial charge on any atom is 0.248 e. The average Bonchev–Trinajstić information content (AvgIpc) is 2.82. The molecule has 0 saturated carbocycles. The minimum atomic E-state index is -1.13. The van der Waals surface area contributed by atoms with Gasteiger partial charge in [-0.3, -0.25) is 4.79 Å². The molecule has 1 rings (SSSR count). The Morgan fingerprint density at radius 1 is 1.52 bits per heavy atom. The van der Waals surface area contributed by atoms with E-state index >= 15 is 0 Å². The molecule has 0 aromatic heterocycles. The van der Waals surface area contributed by atoms with Gasteiger partial charge in [0.1, 0.15) is 32.8 Å². The molecule has 0 radical (unpaired) electrons. The summed E-state index contributed by atoms with van der Waals surface area (Å²) < 4.78 is 23.3. The molecule has 0 aromatic carbocycles. The standard InChI is InChI=1S/C14H26BN2O5P/c1-6-10-11(22-23(5)19-8-7-16-3)12(13(15)21-10)20-9(2)14(18)17-4/h9-13H,6-8,15H2,1-2,4-5H3,(H,17,18)/t9?,10-,11+,12?,13-,23?/m1/s1. The van der Waals surface area contributed by atoms with Crippen LogP contribution in [0.2, 0.25) is 0 Å². The van der Waals surface area contributed by atoms with Crippen LogP contribution in [0.15, 0.2) is 0 Å². The zero-order chi connectivity index (χ0) is 17.4. The van der Waals surface area contributed by atoms with Gasteiger partial charge in [-0.05, 0) is 13.3 Å². The molecular formula is C14H26BN2O5P. The third-order valence-corrected chi connectivity index (χ3v) is 4.75. The highest BCUT2D eigenvalue weighted by Crippen LogP contribution is 2.41. The maximum atomic E-state index is 11.7. The summed E-state index contributed by atoms with van der Waals surface area (Å²) in [6.45, 7) is 13.0. The van der Waals surface area contributed by atoms with Gasteiger partial charge in [0.05, 0.1) is 12.1 Å². The largest absolute Gasteiger partial charge is 0.378 e. The van der Waals surface area contributed by atoms with E-state index in [0.717, 1.165) is 6.42 Å². The van der Waals surface area contributed by atoms with Gasteiger partial charge < -0.3 is 28.7 Å². The Balaban J connectivity index is 2.68. The Morgan fingerprint density at radius 2 is 2.22 bits per heavy atom. The van der Waals surface area contributed by atoms with Crippen LogP contribution in [0.1, 0.15) is 20.3 Å². The van der Waals surface area contributed by atoms with Crippen molar-refractivity contribution < 1.29 is 23.3 Å². The van der Waals surface area contributed by atoms with E-state index in [1.807, 2.05) is 21.4 Å². The number of nitrogens with one attached hydrogen (secondary N) is 1. The Morgan fingerprint density at radius 3 is 2.78 bits per heavy atom. The van der Waals surface area contributed by atoms with Gasteiger partial charge in [0.25, 0.3) is 0 Å². The fourth-order valence-electron chi connectivity index (χ4n) is 2.47. The second-order valence-electron chi connectivity index (χ2n) is 5.37. The van der Waals surface area contributed by atoms with Crippen LogP contribution < -0.4 is 5.32 Å². The summed E-state index contributed by atoms with van der Waals surface area (Å²) in [5.74, 6) is -0.178. The van der Waals surface area contributed by atoms with E-state index < -0.39 is 14.5 Å². The number of ether oxygens (including phenoxy) is 2. The Labute approximate surface area is 140 Å². The van der Waals surface area contributed by atoms with Crippen molar-refractivity contribution in [3.63, 3.8) is 0 Å². The minimum Gasteiger partial charge on any atom is -0.378 e. The number of hydrogen-bond acceptors (Lipinski definition) is 5. The second-order valence-corrected chi connectivity index (χ2v) is 6.72. The lowest BCUT2D eigenvalue weighted by molar-refractivity contribution is -0.138. The van der Waals surface area contributed by atoms with E-state index in [1.165, 1.54) is 0 Å². The lowest BCUT2D eigenvalue weighted by Crippen LogP contribution is -2.43. The normalized spacial score (nSPS) is 29.7. The van der Waals surface area contributed by atoms with Crippen LogP contribution in [-0.4, -0.2) is 71.0 Å². The highest BCUT2D eigenvalue weighted by atomic mass is 31.2. The van der Waals surface area contributed by atoms with Gasteiger partial charge in [-0.25, -0.2) is 6.57 Å². The first-order valence-corrected chi connectivity index (χ1v) is 9.46. The Kier molecular flexibility index (Phi) is 9.04. The summed E-state index contributed by atoms with van der Waals surface area (Å²) in [6.07, 6.45) is -0.507. The number of carbonyl (C=O) groups is 1. The van der Waals surface area contributed by atoms with Gasteiger partial charge in [0.2, 0.25) is 12.5 Å². The van der Waals surface area contributed by atoms with Gasteiger partial charge in [0.15, 0.2) is 8.38 Å². The third-order valence-electron chi connectivity index (χ3n) is 3.67. The summed E-state index contributed by atoms with van der Waals surface area (Å²) in [5, 5.41) is 2.57. The number of carbonyl (C=O) groups excluding carboxylic acids is 1. The van der Waals surface area contributed by atoms with Crippen LogP contribution in [0.3, 0.4) is 0 Å². The van der Waals surface area contributed by atoms with Crippen molar-refractivity contribution in [2.45, 2.75) is 50.7 Å². The van der Waals surface area contributed by atoms with Crippen molar-refractivity contribution >= 4 is 22.1 Å². The van der Waals surface area contributed by atoms with E-state index in [-0.39, 0.29) is 30.2 Å². The predicted octanol–water partition coefficient (Wildman–Crippen LogP) is 0.537. The molecule has 1 amide bonds. The van der Waals surface area contributed by atoms with Gasteiger partial charge in [-0.2, -0.15) is 0 Å². The molecule has 0 aliphatic carbocycles. The van der Waals surface area contributed by atoms with Crippen molar-refractivity contribution in [3.05, 3.63) is 11.4 Å².